The first-order valence-electron chi connectivity index (χ1n) is 6.65. The second kappa shape index (κ2) is 6.54. The fourth-order valence-corrected chi connectivity index (χ4v) is 5.43. The van der Waals surface area contributed by atoms with Crippen molar-refractivity contribution >= 4 is 26.0 Å². The molecule has 0 N–H and O–H groups in total. The van der Waals surface area contributed by atoms with Crippen molar-refractivity contribution in [3.8, 4) is 0 Å². The van der Waals surface area contributed by atoms with Gasteiger partial charge in [0.2, 0.25) is 10.0 Å². The molecule has 0 aliphatic heterocycles. The summed E-state index contributed by atoms with van der Waals surface area (Å²) in [6.07, 6.45) is 4.86. The standard InChI is InChI=1S/C14H16BrF2NO2S/c1-2-7-18(11-5-3-4-6-11)21(19,20)14-12(15)8-10(16)9-13(14)17/h2,8-9,11H,1,3-7H2. The molecule has 1 aliphatic rings. The van der Waals surface area contributed by atoms with Crippen LogP contribution in [0.25, 0.3) is 0 Å². The van der Waals surface area contributed by atoms with Crippen LogP contribution in [0, 0.1) is 11.6 Å². The maximum atomic E-state index is 14.0. The first-order valence-corrected chi connectivity index (χ1v) is 8.88. The summed E-state index contributed by atoms with van der Waals surface area (Å²) >= 11 is 2.95. The van der Waals surface area contributed by atoms with Gasteiger partial charge in [-0.2, -0.15) is 4.31 Å². The predicted molar refractivity (Wildman–Crippen MR) is 80.4 cm³/mol. The number of hydrogen-bond acceptors (Lipinski definition) is 2. The van der Waals surface area contributed by atoms with E-state index in [1.165, 1.54) is 10.4 Å². The van der Waals surface area contributed by atoms with Crippen LogP contribution in [0.3, 0.4) is 0 Å². The fourth-order valence-electron chi connectivity index (χ4n) is 2.66. The van der Waals surface area contributed by atoms with E-state index >= 15 is 0 Å². The molecule has 0 atom stereocenters. The van der Waals surface area contributed by atoms with Crippen molar-refractivity contribution < 1.29 is 17.2 Å². The van der Waals surface area contributed by atoms with E-state index in [-0.39, 0.29) is 17.1 Å². The topological polar surface area (TPSA) is 37.4 Å². The molecule has 21 heavy (non-hydrogen) atoms. The molecule has 1 aromatic rings. The molecule has 1 aromatic carbocycles. The summed E-state index contributed by atoms with van der Waals surface area (Å²) in [6, 6.07) is 1.37. The minimum absolute atomic E-state index is 0.105. The fraction of sp³-hybridized carbons (Fsp3) is 0.429. The Morgan fingerprint density at radius 1 is 1.33 bits per heavy atom. The smallest absolute Gasteiger partial charge is 0.207 e. The molecule has 0 aromatic heterocycles. The molecule has 0 spiro atoms. The minimum Gasteiger partial charge on any atom is -0.207 e. The number of rotatable bonds is 5. The van der Waals surface area contributed by atoms with Crippen LogP contribution < -0.4 is 0 Å². The maximum Gasteiger partial charge on any atom is 0.247 e. The summed E-state index contributed by atoms with van der Waals surface area (Å²) in [5.41, 5.74) is 0. The Morgan fingerprint density at radius 2 is 1.95 bits per heavy atom. The summed E-state index contributed by atoms with van der Waals surface area (Å²) < 4.78 is 53.8. The van der Waals surface area contributed by atoms with Gasteiger partial charge >= 0.3 is 0 Å². The minimum atomic E-state index is -4.05. The lowest BCUT2D eigenvalue weighted by molar-refractivity contribution is 0.345. The highest BCUT2D eigenvalue weighted by Gasteiger charge is 2.35. The third kappa shape index (κ3) is 3.35. The zero-order valence-electron chi connectivity index (χ0n) is 11.4. The maximum absolute atomic E-state index is 14.0. The Hall–Kier alpha value is -0.790. The van der Waals surface area contributed by atoms with Crippen LogP contribution in [-0.4, -0.2) is 25.3 Å². The molecule has 3 nitrogen and oxygen atoms in total. The van der Waals surface area contributed by atoms with E-state index < -0.39 is 26.6 Å². The summed E-state index contributed by atoms with van der Waals surface area (Å²) in [6.45, 7) is 3.67. The summed E-state index contributed by atoms with van der Waals surface area (Å²) in [7, 11) is -4.05. The van der Waals surface area contributed by atoms with Gasteiger partial charge in [-0.25, -0.2) is 17.2 Å². The molecular weight excluding hydrogens is 364 g/mol. The summed E-state index contributed by atoms with van der Waals surface area (Å²) in [5, 5.41) is 0. The molecule has 7 heteroatoms. The Kier molecular flexibility index (Phi) is 5.16. The van der Waals surface area contributed by atoms with Gasteiger partial charge in [-0.05, 0) is 34.8 Å². The number of sulfonamides is 1. The van der Waals surface area contributed by atoms with E-state index in [2.05, 4.69) is 22.5 Å². The molecule has 116 valence electrons. The molecule has 1 fully saturated rings. The summed E-state index contributed by atoms with van der Waals surface area (Å²) in [4.78, 5) is -0.516. The lowest BCUT2D eigenvalue weighted by Crippen LogP contribution is -2.39. The van der Waals surface area contributed by atoms with Gasteiger partial charge in [-0.3, -0.25) is 0 Å². The first-order chi connectivity index (χ1) is 9.87. The molecule has 0 saturated heterocycles. The highest BCUT2D eigenvalue weighted by Crippen LogP contribution is 2.33. The van der Waals surface area contributed by atoms with E-state index in [4.69, 9.17) is 0 Å². The molecular formula is C14H16BrF2NO2S. The average molecular weight is 380 g/mol. The van der Waals surface area contributed by atoms with Crippen molar-refractivity contribution in [3.05, 3.63) is 40.9 Å². The van der Waals surface area contributed by atoms with Gasteiger partial charge in [-0.15, -0.1) is 6.58 Å². The van der Waals surface area contributed by atoms with E-state index in [0.29, 0.717) is 6.07 Å². The lowest BCUT2D eigenvalue weighted by Gasteiger charge is -2.27. The zero-order valence-corrected chi connectivity index (χ0v) is 13.8. The van der Waals surface area contributed by atoms with Gasteiger partial charge in [0.15, 0.2) is 0 Å². The van der Waals surface area contributed by atoms with Gasteiger partial charge in [0, 0.05) is 23.1 Å². The molecule has 0 unspecified atom stereocenters. The SMILES string of the molecule is C=CCN(C1CCCC1)S(=O)(=O)c1c(F)cc(F)cc1Br. The van der Waals surface area contributed by atoms with E-state index in [1.807, 2.05) is 0 Å². The Balaban J connectivity index is 2.50. The molecule has 0 bridgehead atoms. The number of hydrogen-bond donors (Lipinski definition) is 0. The first kappa shape index (κ1) is 16.6. The van der Waals surface area contributed by atoms with E-state index in [9.17, 15) is 17.2 Å². The molecule has 2 rings (SSSR count). The van der Waals surface area contributed by atoms with Crippen molar-refractivity contribution in [1.82, 2.24) is 4.31 Å². The highest BCUT2D eigenvalue weighted by molar-refractivity contribution is 9.10. The predicted octanol–water partition coefficient (Wildman–Crippen LogP) is 3.85. The van der Waals surface area contributed by atoms with Gasteiger partial charge in [-0.1, -0.05) is 18.9 Å². The quantitative estimate of drug-likeness (QED) is 0.728. The van der Waals surface area contributed by atoms with Gasteiger partial charge in [0.05, 0.1) is 0 Å². The lowest BCUT2D eigenvalue weighted by atomic mass is 10.2. The number of nitrogens with zero attached hydrogens (tertiary/aromatic N) is 1. The van der Waals surface area contributed by atoms with Crippen molar-refractivity contribution in [1.29, 1.82) is 0 Å². The second-order valence-electron chi connectivity index (χ2n) is 5.00. The van der Waals surface area contributed by atoms with Crippen LogP contribution in [0.15, 0.2) is 34.2 Å². The second-order valence-corrected chi connectivity index (χ2v) is 7.68. The van der Waals surface area contributed by atoms with E-state index in [1.54, 1.807) is 0 Å². The van der Waals surface area contributed by atoms with Crippen molar-refractivity contribution in [2.75, 3.05) is 6.54 Å². The largest absolute Gasteiger partial charge is 0.247 e. The molecule has 1 saturated carbocycles. The molecule has 0 amide bonds. The average Bonchev–Trinajstić information content (AvgIpc) is 2.87. The normalized spacial score (nSPS) is 16.6. The number of halogens is 3. The van der Waals surface area contributed by atoms with E-state index in [0.717, 1.165) is 31.7 Å². The van der Waals surface area contributed by atoms with Crippen LogP contribution in [0.2, 0.25) is 0 Å². The van der Waals surface area contributed by atoms with Crippen LogP contribution in [-0.2, 0) is 10.0 Å². The van der Waals surface area contributed by atoms with Crippen LogP contribution >= 0.6 is 15.9 Å². The van der Waals surface area contributed by atoms with Crippen LogP contribution in [0.5, 0.6) is 0 Å². The van der Waals surface area contributed by atoms with Crippen molar-refractivity contribution in [3.63, 3.8) is 0 Å². The van der Waals surface area contributed by atoms with Crippen molar-refractivity contribution in [2.24, 2.45) is 0 Å². The number of benzene rings is 1. The van der Waals surface area contributed by atoms with Gasteiger partial charge < -0.3 is 0 Å². The summed E-state index contributed by atoms with van der Waals surface area (Å²) in [5.74, 6) is -1.91. The highest BCUT2D eigenvalue weighted by atomic mass is 79.9. The Morgan fingerprint density at radius 3 is 2.48 bits per heavy atom. The third-order valence-corrected chi connectivity index (χ3v) is 6.45. The molecule has 0 heterocycles. The Bertz CT molecular complexity index is 619. The van der Waals surface area contributed by atoms with Crippen molar-refractivity contribution in [2.45, 2.75) is 36.6 Å². The third-order valence-electron chi connectivity index (χ3n) is 3.57. The zero-order chi connectivity index (χ0) is 15.6. The van der Waals surface area contributed by atoms with Crippen LogP contribution in [0.1, 0.15) is 25.7 Å². The molecule has 0 radical (unpaired) electrons. The monoisotopic (exact) mass is 379 g/mol. The van der Waals surface area contributed by atoms with Crippen LogP contribution in [0.4, 0.5) is 8.78 Å². The van der Waals surface area contributed by atoms with Gasteiger partial charge in [0.25, 0.3) is 0 Å². The van der Waals surface area contributed by atoms with Gasteiger partial charge in [0.1, 0.15) is 16.5 Å². The molecule has 1 aliphatic carbocycles. The Labute approximate surface area is 131 Å².